The number of para-hydroxylation sites is 1. The average Bonchev–Trinajstić information content (AvgIpc) is 2.88. The number of pyridine rings is 1. The molecule has 5 rings (SSSR count). The van der Waals surface area contributed by atoms with E-state index >= 15 is 0 Å². The lowest BCUT2D eigenvalue weighted by molar-refractivity contribution is -0.114. The molecule has 1 saturated heterocycles. The molecule has 4 aromatic rings. The van der Waals surface area contributed by atoms with E-state index in [0.717, 1.165) is 22.0 Å². The number of hydrogen-bond donors (Lipinski definition) is 1. The number of fused-ring (bicyclic) bond motifs is 1. The fraction of sp³-hybridized carbons (Fsp3) is 0.207. The number of piperazine rings is 1. The molecule has 0 aliphatic carbocycles. The van der Waals surface area contributed by atoms with E-state index in [1.807, 2.05) is 71.3 Å². The van der Waals surface area contributed by atoms with Gasteiger partial charge < -0.3 is 15.1 Å². The van der Waals surface area contributed by atoms with Crippen LogP contribution in [0.3, 0.4) is 0 Å². The summed E-state index contributed by atoms with van der Waals surface area (Å²) in [6, 6.07) is 21.9. The molecule has 36 heavy (non-hydrogen) atoms. The molecule has 0 spiro atoms. The van der Waals surface area contributed by atoms with Gasteiger partial charge in [-0.1, -0.05) is 35.9 Å². The van der Waals surface area contributed by atoms with Gasteiger partial charge in [0.15, 0.2) is 0 Å². The number of rotatable bonds is 4. The molecule has 0 saturated carbocycles. The fourth-order valence-corrected chi connectivity index (χ4v) is 4.62. The number of anilines is 2. The van der Waals surface area contributed by atoms with Gasteiger partial charge in [0.05, 0.1) is 22.5 Å². The standard InChI is InChI=1S/C29H27FN4O2/c1-19-7-12-26-23(17-19)24(18-27(32-26)21-8-10-22(11-9-21)31-20(2)35)29(36)34-15-13-33(14-16-34)28-6-4-3-5-25(28)30/h3-12,17-18H,13-16H2,1-2H3,(H,31,35). The Kier molecular flexibility index (Phi) is 6.38. The third-order valence-corrected chi connectivity index (χ3v) is 6.46. The number of aryl methyl sites for hydroxylation is 1. The van der Waals surface area contributed by atoms with Crippen molar-refractivity contribution in [2.75, 3.05) is 36.4 Å². The van der Waals surface area contributed by atoms with E-state index < -0.39 is 0 Å². The smallest absolute Gasteiger partial charge is 0.254 e. The van der Waals surface area contributed by atoms with Gasteiger partial charge in [-0.05, 0) is 49.4 Å². The second-order valence-corrected chi connectivity index (χ2v) is 9.06. The van der Waals surface area contributed by atoms with Crippen LogP contribution in [0.5, 0.6) is 0 Å². The Morgan fingerprint density at radius 3 is 2.33 bits per heavy atom. The molecule has 1 aliphatic rings. The maximum atomic E-state index is 14.3. The molecule has 3 aromatic carbocycles. The van der Waals surface area contributed by atoms with Gasteiger partial charge in [0.2, 0.25) is 5.91 Å². The number of hydrogen-bond acceptors (Lipinski definition) is 4. The van der Waals surface area contributed by atoms with Crippen LogP contribution in [0.2, 0.25) is 0 Å². The predicted molar refractivity (Wildman–Crippen MR) is 141 cm³/mol. The molecule has 2 amide bonds. The lowest BCUT2D eigenvalue weighted by Crippen LogP contribution is -2.49. The van der Waals surface area contributed by atoms with E-state index in [2.05, 4.69) is 5.32 Å². The van der Waals surface area contributed by atoms with E-state index in [1.165, 1.54) is 13.0 Å². The van der Waals surface area contributed by atoms with Crippen LogP contribution in [0.1, 0.15) is 22.8 Å². The van der Waals surface area contributed by atoms with Crippen molar-refractivity contribution in [1.82, 2.24) is 9.88 Å². The van der Waals surface area contributed by atoms with Gasteiger partial charge in [0.25, 0.3) is 5.91 Å². The molecule has 182 valence electrons. The van der Waals surface area contributed by atoms with Crippen LogP contribution >= 0.6 is 0 Å². The quantitative estimate of drug-likeness (QED) is 0.430. The van der Waals surface area contributed by atoms with E-state index in [4.69, 9.17) is 4.98 Å². The Morgan fingerprint density at radius 1 is 0.917 bits per heavy atom. The average molecular weight is 483 g/mol. The summed E-state index contributed by atoms with van der Waals surface area (Å²) < 4.78 is 14.3. The Hall–Kier alpha value is -4.26. The van der Waals surface area contributed by atoms with Crippen molar-refractivity contribution in [2.45, 2.75) is 13.8 Å². The number of amides is 2. The summed E-state index contributed by atoms with van der Waals surface area (Å²) >= 11 is 0. The van der Waals surface area contributed by atoms with Gasteiger partial charge in [0.1, 0.15) is 5.82 Å². The highest BCUT2D eigenvalue weighted by molar-refractivity contribution is 6.07. The summed E-state index contributed by atoms with van der Waals surface area (Å²) in [4.78, 5) is 33.7. The van der Waals surface area contributed by atoms with Gasteiger partial charge >= 0.3 is 0 Å². The number of halogens is 1. The topological polar surface area (TPSA) is 65.5 Å². The molecule has 1 aromatic heterocycles. The van der Waals surface area contributed by atoms with E-state index in [0.29, 0.717) is 48.8 Å². The van der Waals surface area contributed by atoms with Crippen LogP contribution in [0.4, 0.5) is 15.8 Å². The van der Waals surface area contributed by atoms with Crippen molar-refractivity contribution in [3.05, 3.63) is 89.7 Å². The minimum Gasteiger partial charge on any atom is -0.366 e. The monoisotopic (exact) mass is 482 g/mol. The van der Waals surface area contributed by atoms with Crippen molar-refractivity contribution < 1.29 is 14.0 Å². The van der Waals surface area contributed by atoms with Crippen LogP contribution in [0, 0.1) is 12.7 Å². The number of carbonyl (C=O) groups is 2. The second-order valence-electron chi connectivity index (χ2n) is 9.06. The van der Waals surface area contributed by atoms with E-state index in [9.17, 15) is 14.0 Å². The molecule has 2 heterocycles. The lowest BCUT2D eigenvalue weighted by atomic mass is 10.0. The second kappa shape index (κ2) is 9.77. The number of nitrogens with zero attached hydrogens (tertiary/aromatic N) is 3. The zero-order chi connectivity index (χ0) is 25.2. The summed E-state index contributed by atoms with van der Waals surface area (Å²) in [6.07, 6.45) is 0. The van der Waals surface area contributed by atoms with Crippen LogP contribution in [-0.2, 0) is 4.79 Å². The first-order valence-corrected chi connectivity index (χ1v) is 12.0. The van der Waals surface area contributed by atoms with E-state index in [-0.39, 0.29) is 17.6 Å². The largest absolute Gasteiger partial charge is 0.366 e. The lowest BCUT2D eigenvalue weighted by Gasteiger charge is -2.36. The Labute approximate surface area is 209 Å². The number of carbonyl (C=O) groups excluding carboxylic acids is 2. The van der Waals surface area contributed by atoms with Gasteiger partial charge in [-0.3, -0.25) is 9.59 Å². The van der Waals surface area contributed by atoms with Crippen LogP contribution < -0.4 is 10.2 Å². The number of nitrogens with one attached hydrogen (secondary N) is 1. The van der Waals surface area contributed by atoms with E-state index in [1.54, 1.807) is 12.1 Å². The summed E-state index contributed by atoms with van der Waals surface area (Å²) in [6.45, 7) is 5.59. The Balaban J connectivity index is 1.45. The SMILES string of the molecule is CC(=O)Nc1ccc(-c2cc(C(=O)N3CCN(c4ccccc4F)CC3)c3cc(C)ccc3n2)cc1. The molecule has 7 heteroatoms. The van der Waals surface area contributed by atoms with Crippen molar-refractivity contribution >= 4 is 34.1 Å². The first-order chi connectivity index (χ1) is 17.4. The van der Waals surface area contributed by atoms with Gasteiger partial charge in [-0.25, -0.2) is 9.37 Å². The molecule has 0 unspecified atom stereocenters. The van der Waals surface area contributed by atoms with Crippen LogP contribution in [0.25, 0.3) is 22.2 Å². The maximum Gasteiger partial charge on any atom is 0.254 e. The predicted octanol–water partition coefficient (Wildman–Crippen LogP) is 5.27. The third kappa shape index (κ3) is 4.77. The highest BCUT2D eigenvalue weighted by atomic mass is 19.1. The number of aromatic nitrogens is 1. The molecule has 6 nitrogen and oxygen atoms in total. The highest BCUT2D eigenvalue weighted by Gasteiger charge is 2.25. The summed E-state index contributed by atoms with van der Waals surface area (Å²) in [5.41, 5.74) is 5.21. The summed E-state index contributed by atoms with van der Waals surface area (Å²) in [5.74, 6) is -0.440. The van der Waals surface area contributed by atoms with Gasteiger partial charge in [-0.2, -0.15) is 0 Å². The first-order valence-electron chi connectivity index (χ1n) is 12.0. The number of benzene rings is 3. The first kappa shape index (κ1) is 23.5. The minimum absolute atomic E-state index is 0.0581. The third-order valence-electron chi connectivity index (χ3n) is 6.46. The molecular formula is C29H27FN4O2. The molecule has 0 radical (unpaired) electrons. The van der Waals surface area contributed by atoms with Gasteiger partial charge in [0, 0.05) is 49.7 Å². The minimum atomic E-state index is -0.248. The van der Waals surface area contributed by atoms with Crippen molar-refractivity contribution in [3.8, 4) is 11.3 Å². The van der Waals surface area contributed by atoms with Crippen LogP contribution in [-0.4, -0.2) is 47.9 Å². The Bertz CT molecular complexity index is 1440. The normalized spacial score (nSPS) is 13.6. The van der Waals surface area contributed by atoms with Crippen LogP contribution in [0.15, 0.2) is 72.8 Å². The molecule has 0 bridgehead atoms. The zero-order valence-electron chi connectivity index (χ0n) is 20.3. The van der Waals surface area contributed by atoms with Gasteiger partial charge in [-0.15, -0.1) is 0 Å². The Morgan fingerprint density at radius 2 is 1.64 bits per heavy atom. The molecule has 0 atom stereocenters. The fourth-order valence-electron chi connectivity index (χ4n) is 4.62. The van der Waals surface area contributed by atoms with Crippen molar-refractivity contribution in [1.29, 1.82) is 0 Å². The molecule has 1 N–H and O–H groups in total. The summed E-state index contributed by atoms with van der Waals surface area (Å²) in [5, 5.41) is 3.58. The molecule has 1 aliphatic heterocycles. The molecule has 1 fully saturated rings. The molecular weight excluding hydrogens is 455 g/mol. The summed E-state index contributed by atoms with van der Waals surface area (Å²) in [7, 11) is 0. The van der Waals surface area contributed by atoms with Crippen molar-refractivity contribution in [3.63, 3.8) is 0 Å². The highest BCUT2D eigenvalue weighted by Crippen LogP contribution is 2.28. The van der Waals surface area contributed by atoms with Crippen molar-refractivity contribution in [2.24, 2.45) is 0 Å². The zero-order valence-corrected chi connectivity index (χ0v) is 20.3. The maximum absolute atomic E-state index is 14.3.